The molecule has 9 heteroatoms. The van der Waals surface area contributed by atoms with Gasteiger partial charge in [0.05, 0.1) is 31.0 Å². The van der Waals surface area contributed by atoms with Crippen LogP contribution in [-0.4, -0.2) is 107 Å². The summed E-state index contributed by atoms with van der Waals surface area (Å²) in [6.45, 7) is 6.34. The Labute approximate surface area is 219 Å². The number of hydrogen-bond acceptors (Lipinski definition) is 9. The predicted octanol–water partition coefficient (Wildman–Crippen LogP) is 1.86. The standard InChI is InChI=1S/C28H43NO8/c1-7-29-12-25(13-31-3)9-8-19(33-5)27-17-10-16-18(32-4)11-26(20(17)21(16)34-6)28(24(27)29,36-14-35-26)23(22(25)27)37-15(2)30/h16-24H,7-14H2,1-6H3. The summed E-state index contributed by atoms with van der Waals surface area (Å²) in [5.74, 6) is 0.437. The normalized spacial score (nSPS) is 56.9. The van der Waals surface area contributed by atoms with Gasteiger partial charge in [-0.2, -0.15) is 0 Å². The molecule has 0 N–H and O–H groups in total. The molecule has 2 aliphatic heterocycles. The average Bonchev–Trinajstić information content (AvgIpc) is 3.46. The third kappa shape index (κ3) is 2.51. The van der Waals surface area contributed by atoms with Gasteiger partial charge in [0, 0.05) is 76.9 Å². The maximum absolute atomic E-state index is 12.9. The van der Waals surface area contributed by atoms with Crippen molar-refractivity contribution in [3.05, 3.63) is 0 Å². The smallest absolute Gasteiger partial charge is 0.303 e. The molecule has 7 rings (SSSR count). The van der Waals surface area contributed by atoms with Crippen molar-refractivity contribution in [2.24, 2.45) is 34.5 Å². The topological polar surface area (TPSA) is 84.9 Å². The number of carbonyl (C=O) groups excluding carboxylic acids is 1. The van der Waals surface area contributed by atoms with Crippen molar-refractivity contribution in [2.45, 2.75) is 81.2 Å². The van der Waals surface area contributed by atoms with Crippen LogP contribution >= 0.6 is 0 Å². The molecule has 13 atom stereocenters. The molecule has 0 aromatic carbocycles. The summed E-state index contributed by atoms with van der Waals surface area (Å²) in [7, 11) is 7.29. The number of carbonyl (C=O) groups is 1. The first-order valence-electron chi connectivity index (χ1n) is 14.1. The Morgan fingerprint density at radius 1 is 1.11 bits per heavy atom. The van der Waals surface area contributed by atoms with E-state index in [0.29, 0.717) is 6.61 Å². The quantitative estimate of drug-likeness (QED) is 0.466. The molecule has 7 bridgehead atoms. The minimum Gasteiger partial charge on any atom is -0.459 e. The summed E-state index contributed by atoms with van der Waals surface area (Å²) in [6.07, 6.45) is 3.17. The van der Waals surface area contributed by atoms with Gasteiger partial charge in [0.15, 0.2) is 5.60 Å². The Balaban J connectivity index is 1.57. The molecule has 2 saturated heterocycles. The Morgan fingerprint density at radius 3 is 2.57 bits per heavy atom. The first-order valence-corrected chi connectivity index (χ1v) is 14.1. The molecule has 208 valence electrons. The maximum atomic E-state index is 12.9. The maximum Gasteiger partial charge on any atom is 0.303 e. The third-order valence-corrected chi connectivity index (χ3v) is 12.3. The Kier molecular flexibility index (Phi) is 5.52. The summed E-state index contributed by atoms with van der Waals surface area (Å²) in [4.78, 5) is 15.5. The SMILES string of the molecule is CCN1CC2(COC)CCC(OC)C34C5CC6C(OC)CC7(OCOC7(C(OC(C)=O)C23)C14)C5C6OC. The summed E-state index contributed by atoms with van der Waals surface area (Å²) >= 11 is 0. The van der Waals surface area contributed by atoms with Crippen molar-refractivity contribution in [3.8, 4) is 0 Å². The van der Waals surface area contributed by atoms with Crippen LogP contribution in [0.25, 0.3) is 0 Å². The third-order valence-electron chi connectivity index (χ3n) is 12.3. The van der Waals surface area contributed by atoms with Gasteiger partial charge in [0.1, 0.15) is 18.5 Å². The Hall–Kier alpha value is -0.810. The zero-order valence-electron chi connectivity index (χ0n) is 23.1. The molecular weight excluding hydrogens is 478 g/mol. The van der Waals surface area contributed by atoms with Gasteiger partial charge in [-0.25, -0.2) is 0 Å². The van der Waals surface area contributed by atoms with Crippen LogP contribution in [0.5, 0.6) is 0 Å². The molecule has 7 fully saturated rings. The van der Waals surface area contributed by atoms with Gasteiger partial charge in [0.2, 0.25) is 0 Å². The van der Waals surface area contributed by atoms with Gasteiger partial charge >= 0.3 is 5.97 Å². The molecule has 2 heterocycles. The first-order chi connectivity index (χ1) is 17.9. The van der Waals surface area contributed by atoms with Crippen LogP contribution in [0.15, 0.2) is 0 Å². The monoisotopic (exact) mass is 521 g/mol. The molecule has 0 aromatic rings. The lowest BCUT2D eigenvalue weighted by Crippen LogP contribution is -2.81. The zero-order chi connectivity index (χ0) is 26.0. The van der Waals surface area contributed by atoms with E-state index in [0.717, 1.165) is 38.8 Å². The second kappa shape index (κ2) is 8.12. The fourth-order valence-electron chi connectivity index (χ4n) is 12.0. The van der Waals surface area contributed by atoms with Gasteiger partial charge in [-0.1, -0.05) is 6.92 Å². The largest absolute Gasteiger partial charge is 0.459 e. The lowest BCUT2D eigenvalue weighted by molar-refractivity contribution is -0.287. The van der Waals surface area contributed by atoms with Crippen LogP contribution in [0.2, 0.25) is 0 Å². The molecule has 0 amide bonds. The van der Waals surface area contributed by atoms with E-state index < -0.39 is 17.3 Å². The number of likely N-dealkylation sites (N-methyl/N-ethyl adjacent to an activating group) is 1. The van der Waals surface area contributed by atoms with E-state index in [1.54, 1.807) is 14.2 Å². The number of fused-ring (bicyclic) bond motifs is 1. The van der Waals surface area contributed by atoms with E-state index >= 15 is 0 Å². The van der Waals surface area contributed by atoms with Crippen LogP contribution in [0.3, 0.4) is 0 Å². The van der Waals surface area contributed by atoms with E-state index in [1.807, 2.05) is 14.2 Å². The molecule has 7 aliphatic rings. The van der Waals surface area contributed by atoms with Gasteiger partial charge in [-0.05, 0) is 31.7 Å². The van der Waals surface area contributed by atoms with Crippen LogP contribution in [0.1, 0.15) is 39.5 Å². The van der Waals surface area contributed by atoms with Gasteiger partial charge in [-0.3, -0.25) is 9.69 Å². The number of methoxy groups -OCH3 is 4. The second-order valence-electron chi connectivity index (χ2n) is 12.8. The zero-order valence-corrected chi connectivity index (χ0v) is 23.1. The molecule has 9 nitrogen and oxygen atoms in total. The Bertz CT molecular complexity index is 964. The molecule has 5 aliphatic carbocycles. The van der Waals surface area contributed by atoms with Crippen LogP contribution in [0.4, 0.5) is 0 Å². The fourth-order valence-corrected chi connectivity index (χ4v) is 12.0. The van der Waals surface area contributed by atoms with Crippen molar-refractivity contribution in [3.63, 3.8) is 0 Å². The molecule has 13 unspecified atom stereocenters. The highest BCUT2D eigenvalue weighted by atomic mass is 16.7. The highest BCUT2D eigenvalue weighted by Crippen LogP contribution is 2.82. The van der Waals surface area contributed by atoms with Crippen molar-refractivity contribution in [2.75, 3.05) is 54.9 Å². The molecule has 0 aromatic heterocycles. The van der Waals surface area contributed by atoms with E-state index in [2.05, 4.69) is 11.8 Å². The second-order valence-corrected chi connectivity index (χ2v) is 12.8. The minimum atomic E-state index is -0.833. The number of likely N-dealkylation sites (tertiary alicyclic amines) is 1. The fraction of sp³-hybridized carbons (Fsp3) is 0.964. The summed E-state index contributed by atoms with van der Waals surface area (Å²) in [5, 5.41) is 0. The highest BCUT2D eigenvalue weighted by Gasteiger charge is 2.94. The molecular formula is C28H43NO8. The molecule has 37 heavy (non-hydrogen) atoms. The number of nitrogens with zero attached hydrogens (tertiary/aromatic N) is 1. The van der Waals surface area contributed by atoms with Gasteiger partial charge in [0.25, 0.3) is 0 Å². The minimum absolute atomic E-state index is 0.00481. The van der Waals surface area contributed by atoms with Crippen molar-refractivity contribution >= 4 is 5.97 Å². The van der Waals surface area contributed by atoms with Crippen LogP contribution < -0.4 is 0 Å². The van der Waals surface area contributed by atoms with Crippen molar-refractivity contribution in [1.29, 1.82) is 0 Å². The predicted molar refractivity (Wildman–Crippen MR) is 131 cm³/mol. The number of piperidine rings is 1. The van der Waals surface area contributed by atoms with Crippen LogP contribution in [0, 0.1) is 34.5 Å². The van der Waals surface area contributed by atoms with E-state index in [1.165, 1.54) is 6.92 Å². The van der Waals surface area contributed by atoms with Gasteiger partial charge in [-0.15, -0.1) is 0 Å². The number of rotatable bonds is 7. The van der Waals surface area contributed by atoms with E-state index in [9.17, 15) is 4.79 Å². The van der Waals surface area contributed by atoms with E-state index in [4.69, 9.17) is 33.2 Å². The van der Waals surface area contributed by atoms with Gasteiger partial charge < -0.3 is 33.2 Å². The average molecular weight is 522 g/mol. The first kappa shape index (κ1) is 25.2. The highest BCUT2D eigenvalue weighted by molar-refractivity contribution is 5.67. The summed E-state index contributed by atoms with van der Waals surface area (Å²) in [6, 6.07) is 0.00481. The molecule has 0 radical (unpaired) electrons. The summed E-state index contributed by atoms with van der Waals surface area (Å²) in [5.41, 5.74) is -1.96. The van der Waals surface area contributed by atoms with Crippen LogP contribution in [-0.2, 0) is 38.0 Å². The van der Waals surface area contributed by atoms with E-state index in [-0.39, 0.29) is 71.6 Å². The molecule has 3 spiro atoms. The lowest BCUT2D eigenvalue weighted by Gasteiger charge is -2.69. The number of hydrogen-bond donors (Lipinski definition) is 0. The Morgan fingerprint density at radius 2 is 1.92 bits per heavy atom. The number of esters is 1. The number of ether oxygens (including phenoxy) is 7. The lowest BCUT2D eigenvalue weighted by atomic mass is 9.42. The summed E-state index contributed by atoms with van der Waals surface area (Å²) < 4.78 is 45.4. The molecule has 5 saturated carbocycles. The van der Waals surface area contributed by atoms with Crippen molar-refractivity contribution in [1.82, 2.24) is 4.90 Å². The van der Waals surface area contributed by atoms with Crippen molar-refractivity contribution < 1.29 is 38.0 Å².